The number of pyridine rings is 1. The molecule has 174 valence electrons. The molecule has 7 nitrogen and oxygen atoms in total. The summed E-state index contributed by atoms with van der Waals surface area (Å²) in [6, 6.07) is 22.7. The van der Waals surface area contributed by atoms with Crippen LogP contribution in [-0.4, -0.2) is 32.7 Å². The van der Waals surface area contributed by atoms with Crippen molar-refractivity contribution in [2.24, 2.45) is 0 Å². The lowest BCUT2D eigenvalue weighted by molar-refractivity contribution is 0.100. The average Bonchev–Trinajstić information content (AvgIpc) is 2.82. The first-order valence-corrected chi connectivity index (χ1v) is 12.4. The van der Waals surface area contributed by atoms with Crippen LogP contribution >= 0.6 is 0 Å². The Bertz CT molecular complexity index is 1450. The lowest BCUT2D eigenvalue weighted by Crippen LogP contribution is -2.36. The van der Waals surface area contributed by atoms with Gasteiger partial charge in [0.2, 0.25) is 10.0 Å². The molecule has 0 aliphatic rings. The van der Waals surface area contributed by atoms with Crippen molar-refractivity contribution in [2.45, 2.75) is 13.5 Å². The second-order valence-electron chi connectivity index (χ2n) is 7.80. The second kappa shape index (κ2) is 9.52. The van der Waals surface area contributed by atoms with E-state index in [1.54, 1.807) is 24.3 Å². The number of benzene rings is 3. The molecule has 1 aromatic heterocycles. The highest BCUT2D eigenvalue weighted by molar-refractivity contribution is 7.92. The highest BCUT2D eigenvalue weighted by Gasteiger charge is 2.28. The number of rotatable bonds is 7. The average molecular weight is 477 g/mol. The van der Waals surface area contributed by atoms with E-state index in [1.807, 2.05) is 49.4 Å². The number of amides is 1. The number of nitrogens with zero attached hydrogens (tertiary/aromatic N) is 2. The number of hydrogen-bond acceptors (Lipinski definition) is 6. The first-order valence-electron chi connectivity index (χ1n) is 10.5. The zero-order valence-electron chi connectivity index (χ0n) is 19.1. The lowest BCUT2D eigenvalue weighted by atomic mass is 10.1. The van der Waals surface area contributed by atoms with E-state index in [-0.39, 0.29) is 17.9 Å². The number of carbonyl (C=O) groups is 1. The topological polar surface area (TPSA) is 85.8 Å². The minimum atomic E-state index is -3.93. The number of carbonyl (C=O) groups excluding carboxylic acids is 1. The number of anilines is 1. The van der Waals surface area contributed by atoms with Gasteiger partial charge in [-0.2, -0.15) is 0 Å². The Morgan fingerprint density at radius 2 is 1.71 bits per heavy atom. The first kappa shape index (κ1) is 23.3. The third kappa shape index (κ3) is 5.02. The van der Waals surface area contributed by atoms with Gasteiger partial charge in [0.1, 0.15) is 6.61 Å². The molecule has 0 unspecified atom stereocenters. The Labute approximate surface area is 198 Å². The Balaban J connectivity index is 1.70. The molecule has 0 saturated carbocycles. The maximum Gasteiger partial charge on any atom is 0.272 e. The molecular formula is C26H24N2O5S. The van der Waals surface area contributed by atoms with Crippen LogP contribution in [0.15, 0.2) is 78.9 Å². The predicted molar refractivity (Wildman–Crippen MR) is 132 cm³/mol. The van der Waals surface area contributed by atoms with Gasteiger partial charge < -0.3 is 9.47 Å². The van der Waals surface area contributed by atoms with Crippen LogP contribution in [0.2, 0.25) is 0 Å². The molecule has 8 heteroatoms. The van der Waals surface area contributed by atoms with Gasteiger partial charge in [-0.05, 0) is 55.0 Å². The third-order valence-corrected chi connectivity index (χ3v) is 6.25. The Morgan fingerprint density at radius 3 is 2.41 bits per heavy atom. The number of fused-ring (bicyclic) bond motifs is 1. The lowest BCUT2D eigenvalue weighted by Gasteiger charge is -2.21. The van der Waals surface area contributed by atoms with E-state index < -0.39 is 15.9 Å². The number of sulfonamides is 1. The quantitative estimate of drug-likeness (QED) is 0.383. The van der Waals surface area contributed by atoms with Crippen LogP contribution in [0, 0.1) is 6.92 Å². The van der Waals surface area contributed by atoms with E-state index in [1.165, 1.54) is 19.2 Å². The molecule has 0 aliphatic carbocycles. The molecule has 0 saturated heterocycles. The van der Waals surface area contributed by atoms with Gasteiger partial charge in [0.15, 0.2) is 11.5 Å². The van der Waals surface area contributed by atoms with E-state index >= 15 is 0 Å². The summed E-state index contributed by atoms with van der Waals surface area (Å²) in [6.07, 6.45) is 0.999. The number of hydrogen-bond donors (Lipinski definition) is 0. The van der Waals surface area contributed by atoms with E-state index in [2.05, 4.69) is 4.98 Å². The van der Waals surface area contributed by atoms with Gasteiger partial charge in [-0.3, -0.25) is 9.78 Å². The summed E-state index contributed by atoms with van der Waals surface area (Å²) in [5.74, 6) is 0.0727. The summed E-state index contributed by atoms with van der Waals surface area (Å²) in [5, 5.41) is 0.728. The SMILES string of the molecule is COc1ccc(C(=O)N(c2ccc3nc(C)ccc3c2)S(C)(=O)=O)cc1OCc1ccccc1. The van der Waals surface area contributed by atoms with Crippen molar-refractivity contribution in [1.29, 1.82) is 0 Å². The summed E-state index contributed by atoms with van der Waals surface area (Å²) < 4.78 is 37.4. The van der Waals surface area contributed by atoms with Gasteiger partial charge in [0, 0.05) is 16.6 Å². The third-order valence-electron chi connectivity index (χ3n) is 5.21. The standard InChI is InChI=1S/C26H24N2O5S/c1-18-9-10-20-15-22(12-13-23(20)27-18)28(34(3,30)31)26(29)21-11-14-24(32-2)25(16-21)33-17-19-7-5-4-6-8-19/h4-16H,17H2,1-3H3. The van der Waals surface area contributed by atoms with E-state index in [0.29, 0.717) is 17.0 Å². The fourth-order valence-electron chi connectivity index (χ4n) is 3.58. The van der Waals surface area contributed by atoms with Gasteiger partial charge in [0.05, 0.1) is 24.6 Å². The maximum atomic E-state index is 13.4. The highest BCUT2D eigenvalue weighted by atomic mass is 32.2. The van der Waals surface area contributed by atoms with Crippen LogP contribution in [0.4, 0.5) is 5.69 Å². The largest absolute Gasteiger partial charge is 0.493 e. The van der Waals surface area contributed by atoms with Gasteiger partial charge in [0.25, 0.3) is 5.91 Å². The van der Waals surface area contributed by atoms with Crippen molar-refractivity contribution in [3.05, 3.63) is 95.7 Å². The molecule has 0 fully saturated rings. The van der Waals surface area contributed by atoms with Gasteiger partial charge in [-0.25, -0.2) is 12.7 Å². The normalized spacial score (nSPS) is 11.3. The van der Waals surface area contributed by atoms with Crippen LogP contribution < -0.4 is 13.8 Å². The molecule has 0 N–H and O–H groups in total. The van der Waals surface area contributed by atoms with E-state index in [4.69, 9.17) is 9.47 Å². The number of ether oxygens (including phenoxy) is 2. The highest BCUT2D eigenvalue weighted by Crippen LogP contribution is 2.31. The van der Waals surface area contributed by atoms with Crippen LogP contribution in [0.3, 0.4) is 0 Å². The molecule has 4 aromatic rings. The summed E-state index contributed by atoms with van der Waals surface area (Å²) in [4.78, 5) is 17.9. The zero-order chi connectivity index (χ0) is 24.3. The first-order chi connectivity index (χ1) is 16.3. The van der Waals surface area contributed by atoms with E-state index in [0.717, 1.165) is 27.2 Å². The Kier molecular flexibility index (Phi) is 6.51. The molecule has 0 spiro atoms. The predicted octanol–water partition coefficient (Wildman–Crippen LogP) is 4.74. The summed E-state index contributed by atoms with van der Waals surface area (Å²) in [5.41, 5.74) is 2.88. The van der Waals surface area contributed by atoms with Crippen molar-refractivity contribution in [1.82, 2.24) is 4.98 Å². The summed E-state index contributed by atoms with van der Waals surface area (Å²) >= 11 is 0. The van der Waals surface area contributed by atoms with Crippen LogP contribution in [0.1, 0.15) is 21.6 Å². The van der Waals surface area contributed by atoms with Crippen molar-refractivity contribution in [2.75, 3.05) is 17.7 Å². The van der Waals surface area contributed by atoms with Gasteiger partial charge in [-0.15, -0.1) is 0 Å². The molecule has 0 aliphatic heterocycles. The molecule has 0 radical (unpaired) electrons. The molecule has 0 atom stereocenters. The Hall–Kier alpha value is -3.91. The fraction of sp³-hybridized carbons (Fsp3) is 0.154. The van der Waals surface area contributed by atoms with Gasteiger partial charge in [-0.1, -0.05) is 36.4 Å². The maximum absolute atomic E-state index is 13.4. The van der Waals surface area contributed by atoms with Crippen LogP contribution in [0.25, 0.3) is 10.9 Å². The number of aromatic nitrogens is 1. The molecule has 4 rings (SSSR count). The summed E-state index contributed by atoms with van der Waals surface area (Å²) in [6.45, 7) is 2.14. The minimum Gasteiger partial charge on any atom is -0.493 e. The Morgan fingerprint density at radius 1 is 0.941 bits per heavy atom. The molecule has 3 aromatic carbocycles. The fourth-order valence-corrected chi connectivity index (χ4v) is 4.48. The zero-order valence-corrected chi connectivity index (χ0v) is 19.9. The molecule has 1 amide bonds. The van der Waals surface area contributed by atoms with Crippen molar-refractivity contribution in [3.8, 4) is 11.5 Å². The van der Waals surface area contributed by atoms with Crippen LogP contribution in [-0.2, 0) is 16.6 Å². The van der Waals surface area contributed by atoms with Gasteiger partial charge >= 0.3 is 0 Å². The van der Waals surface area contributed by atoms with E-state index in [9.17, 15) is 13.2 Å². The van der Waals surface area contributed by atoms with Crippen LogP contribution in [0.5, 0.6) is 11.5 Å². The molecule has 34 heavy (non-hydrogen) atoms. The number of aryl methyl sites for hydroxylation is 1. The van der Waals surface area contributed by atoms with Crippen molar-refractivity contribution < 1.29 is 22.7 Å². The molecular weight excluding hydrogens is 452 g/mol. The minimum absolute atomic E-state index is 0.149. The molecule has 1 heterocycles. The summed E-state index contributed by atoms with van der Waals surface area (Å²) in [7, 11) is -2.43. The van der Waals surface area contributed by atoms with Crippen molar-refractivity contribution >= 4 is 32.5 Å². The number of methoxy groups -OCH3 is 1. The smallest absolute Gasteiger partial charge is 0.272 e. The monoisotopic (exact) mass is 476 g/mol. The van der Waals surface area contributed by atoms with Crippen molar-refractivity contribution in [3.63, 3.8) is 0 Å². The second-order valence-corrected chi connectivity index (χ2v) is 9.63. The molecule has 0 bridgehead atoms.